The number of aliphatic imine (C=N–C) groups is 1. The summed E-state index contributed by atoms with van der Waals surface area (Å²) in [4.78, 5) is 8.75. The number of aromatic nitrogens is 1. The summed E-state index contributed by atoms with van der Waals surface area (Å²) in [6, 6.07) is 6.93. The van der Waals surface area contributed by atoms with Crippen molar-refractivity contribution in [2.24, 2.45) is 4.99 Å². The first-order valence-electron chi connectivity index (χ1n) is 8.41. The van der Waals surface area contributed by atoms with Crippen LogP contribution in [0.5, 0.6) is 5.75 Å². The molecule has 28 heavy (non-hydrogen) atoms. The third-order valence-corrected chi connectivity index (χ3v) is 4.71. The number of hydrogen-bond acceptors (Lipinski definition) is 9. The second kappa shape index (κ2) is 8.03. The molecule has 0 saturated heterocycles. The molecule has 6 N–H and O–H groups in total. The van der Waals surface area contributed by atoms with Gasteiger partial charge in [0, 0.05) is 5.56 Å². The Morgan fingerprint density at radius 1 is 1.36 bits per heavy atom. The number of guanidine groups is 1. The van der Waals surface area contributed by atoms with Crippen LogP contribution in [0.2, 0.25) is 0 Å². The summed E-state index contributed by atoms with van der Waals surface area (Å²) in [6.07, 6.45) is 2.71. The van der Waals surface area contributed by atoms with Crippen molar-refractivity contribution < 1.29 is 4.74 Å². The van der Waals surface area contributed by atoms with E-state index in [1.165, 1.54) is 0 Å². The second-order valence-electron chi connectivity index (χ2n) is 5.94. The summed E-state index contributed by atoms with van der Waals surface area (Å²) in [5.41, 5.74) is 13.7. The molecule has 0 fully saturated rings. The van der Waals surface area contributed by atoms with E-state index in [2.05, 4.69) is 36.5 Å². The van der Waals surface area contributed by atoms with Crippen LogP contribution in [0, 0.1) is 22.8 Å². The molecule has 1 aromatic heterocycles. The third-order valence-electron chi connectivity index (χ3n) is 4.09. The van der Waals surface area contributed by atoms with Gasteiger partial charge in [0.25, 0.3) is 0 Å². The number of ether oxygens (including phenoxy) is 1. The lowest BCUT2D eigenvalue weighted by Gasteiger charge is -2.26. The maximum Gasteiger partial charge on any atom is 0.211 e. The molecular formula is C18H17BrN8O. The van der Waals surface area contributed by atoms with Crippen LogP contribution in [-0.2, 0) is 0 Å². The van der Waals surface area contributed by atoms with Crippen LogP contribution in [0.15, 0.2) is 27.7 Å². The minimum Gasteiger partial charge on any atom is -0.492 e. The lowest BCUT2D eigenvalue weighted by Crippen LogP contribution is -2.32. The fourth-order valence-electron chi connectivity index (χ4n) is 2.84. The Morgan fingerprint density at radius 2 is 2.14 bits per heavy atom. The van der Waals surface area contributed by atoms with Crippen molar-refractivity contribution >= 4 is 39.2 Å². The van der Waals surface area contributed by atoms with E-state index in [4.69, 9.17) is 21.5 Å². The highest BCUT2D eigenvalue weighted by Crippen LogP contribution is 2.41. The van der Waals surface area contributed by atoms with Crippen LogP contribution in [-0.4, -0.2) is 17.6 Å². The number of anilines is 3. The van der Waals surface area contributed by atoms with Crippen molar-refractivity contribution in [3.05, 3.63) is 39.4 Å². The highest BCUT2D eigenvalue weighted by atomic mass is 79.9. The molecular weight excluding hydrogens is 424 g/mol. The number of hydrogen-bond donors (Lipinski definition) is 4. The van der Waals surface area contributed by atoms with Crippen LogP contribution >= 0.6 is 15.9 Å². The highest BCUT2D eigenvalue weighted by Gasteiger charge is 2.30. The van der Waals surface area contributed by atoms with Crippen molar-refractivity contribution in [2.75, 3.05) is 23.4 Å². The zero-order valence-electron chi connectivity index (χ0n) is 15.0. The Balaban J connectivity index is 2.14. The van der Waals surface area contributed by atoms with Gasteiger partial charge in [-0.2, -0.15) is 10.5 Å². The molecule has 1 aliphatic rings. The van der Waals surface area contributed by atoms with E-state index < -0.39 is 6.04 Å². The van der Waals surface area contributed by atoms with Gasteiger partial charge in [-0.25, -0.2) is 9.98 Å². The van der Waals surface area contributed by atoms with Gasteiger partial charge in [0.1, 0.15) is 35.1 Å². The van der Waals surface area contributed by atoms with E-state index in [9.17, 15) is 5.26 Å². The molecule has 0 aliphatic carbocycles. The number of halogens is 1. The SMILES string of the molecule is CCCOc1ccc(C2N=C(NC#N)Nc3nc(N)c(C#N)c(N)c32)cc1Br. The molecule has 3 rings (SSSR count). The molecule has 0 amide bonds. The minimum absolute atomic E-state index is 0.00713. The number of nitrogens with zero attached hydrogens (tertiary/aromatic N) is 4. The number of nitrogens with two attached hydrogens (primary N) is 2. The molecule has 1 aromatic carbocycles. The Hall–Kier alpha value is -3.50. The first-order valence-corrected chi connectivity index (χ1v) is 9.20. The topological polar surface area (TPSA) is 158 Å². The van der Waals surface area contributed by atoms with Gasteiger partial charge in [-0.15, -0.1) is 0 Å². The summed E-state index contributed by atoms with van der Waals surface area (Å²) in [6.45, 7) is 2.63. The van der Waals surface area contributed by atoms with E-state index >= 15 is 0 Å². The summed E-state index contributed by atoms with van der Waals surface area (Å²) >= 11 is 3.51. The van der Waals surface area contributed by atoms with Crippen LogP contribution in [0.4, 0.5) is 17.3 Å². The molecule has 9 nitrogen and oxygen atoms in total. The van der Waals surface area contributed by atoms with Crippen molar-refractivity contribution in [2.45, 2.75) is 19.4 Å². The number of pyridine rings is 1. The van der Waals surface area contributed by atoms with Gasteiger partial charge in [0.15, 0.2) is 6.19 Å². The van der Waals surface area contributed by atoms with E-state index in [0.717, 1.165) is 16.5 Å². The first-order chi connectivity index (χ1) is 13.5. The Morgan fingerprint density at radius 3 is 2.79 bits per heavy atom. The molecule has 0 spiro atoms. The van der Waals surface area contributed by atoms with Gasteiger partial charge in [0.2, 0.25) is 5.96 Å². The van der Waals surface area contributed by atoms with Gasteiger partial charge < -0.3 is 21.5 Å². The summed E-state index contributed by atoms with van der Waals surface area (Å²) in [7, 11) is 0. The lowest BCUT2D eigenvalue weighted by molar-refractivity contribution is 0.315. The maximum absolute atomic E-state index is 9.37. The number of rotatable bonds is 4. The second-order valence-corrected chi connectivity index (χ2v) is 6.79. The highest BCUT2D eigenvalue weighted by molar-refractivity contribution is 9.10. The molecule has 1 atom stereocenters. The van der Waals surface area contributed by atoms with E-state index in [1.54, 1.807) is 0 Å². The van der Waals surface area contributed by atoms with Gasteiger partial charge in [-0.05, 0) is 40.0 Å². The monoisotopic (exact) mass is 440 g/mol. The molecule has 0 saturated carbocycles. The summed E-state index contributed by atoms with van der Waals surface area (Å²) in [5, 5.41) is 23.7. The van der Waals surface area contributed by atoms with Crippen molar-refractivity contribution in [1.82, 2.24) is 10.3 Å². The Kier molecular flexibility index (Phi) is 5.52. The molecule has 10 heteroatoms. The Bertz CT molecular complexity index is 1040. The molecule has 142 valence electrons. The zero-order valence-corrected chi connectivity index (χ0v) is 16.5. The maximum atomic E-state index is 9.37. The lowest BCUT2D eigenvalue weighted by atomic mass is 9.95. The predicted molar refractivity (Wildman–Crippen MR) is 109 cm³/mol. The van der Waals surface area contributed by atoms with Gasteiger partial charge >= 0.3 is 0 Å². The van der Waals surface area contributed by atoms with Crippen LogP contribution in [0.25, 0.3) is 0 Å². The van der Waals surface area contributed by atoms with Crippen molar-refractivity contribution in [1.29, 1.82) is 10.5 Å². The number of benzene rings is 1. The van der Waals surface area contributed by atoms with Crippen LogP contribution in [0.3, 0.4) is 0 Å². The van der Waals surface area contributed by atoms with Crippen LogP contribution in [0.1, 0.15) is 36.1 Å². The van der Waals surface area contributed by atoms with Crippen LogP contribution < -0.4 is 26.8 Å². The van der Waals surface area contributed by atoms with Crippen molar-refractivity contribution in [3.63, 3.8) is 0 Å². The molecule has 0 bridgehead atoms. The standard InChI is InChI=1S/C18H17BrN8O/c1-2-5-28-12-4-3-9(6-11(12)19)15-13-14(22)10(7-20)16(23)26-17(13)27-18(25-15)24-8-21/h3-4,6,15H,2,5H2,1H3,(H6,22,23,24,25,26,27). The molecule has 0 radical (unpaired) electrons. The molecule has 1 unspecified atom stereocenters. The third kappa shape index (κ3) is 3.50. The van der Waals surface area contributed by atoms with E-state index in [0.29, 0.717) is 23.7 Å². The largest absolute Gasteiger partial charge is 0.492 e. The average molecular weight is 441 g/mol. The van der Waals surface area contributed by atoms with Gasteiger partial charge in [0.05, 0.1) is 16.8 Å². The quantitative estimate of drug-likeness (QED) is 0.416. The zero-order chi connectivity index (χ0) is 20.3. The van der Waals surface area contributed by atoms with E-state index in [-0.39, 0.29) is 23.0 Å². The normalized spacial score (nSPS) is 14.7. The number of nitrogen functional groups attached to an aromatic ring is 2. The average Bonchev–Trinajstić information content (AvgIpc) is 2.66. The summed E-state index contributed by atoms with van der Waals surface area (Å²) < 4.78 is 6.44. The molecule has 2 aromatic rings. The number of fused-ring (bicyclic) bond motifs is 1. The molecule has 2 heterocycles. The van der Waals surface area contributed by atoms with E-state index in [1.807, 2.05) is 37.4 Å². The van der Waals surface area contributed by atoms with Gasteiger partial charge in [-0.3, -0.25) is 5.32 Å². The number of nitrogens with one attached hydrogen (secondary N) is 2. The minimum atomic E-state index is -0.594. The predicted octanol–water partition coefficient (Wildman–Crippen LogP) is 2.61. The fourth-order valence-corrected chi connectivity index (χ4v) is 3.35. The Labute approximate surface area is 170 Å². The summed E-state index contributed by atoms with van der Waals surface area (Å²) in [5.74, 6) is 1.26. The molecule has 1 aliphatic heterocycles. The number of nitriles is 2. The van der Waals surface area contributed by atoms with Crippen molar-refractivity contribution in [3.8, 4) is 18.0 Å². The smallest absolute Gasteiger partial charge is 0.211 e. The van der Waals surface area contributed by atoms with Gasteiger partial charge in [-0.1, -0.05) is 13.0 Å². The first kappa shape index (κ1) is 19.3. The fraction of sp³-hybridized carbons (Fsp3) is 0.222.